The van der Waals surface area contributed by atoms with Gasteiger partial charge in [0, 0.05) is 17.9 Å². The molecule has 2 aromatic rings. The van der Waals surface area contributed by atoms with Crippen molar-refractivity contribution in [1.82, 2.24) is 10.2 Å². The predicted octanol–water partition coefficient (Wildman–Crippen LogP) is 2.86. The Kier molecular flexibility index (Phi) is 4.80. The number of barbiturate groups is 1. The lowest BCUT2D eigenvalue weighted by Crippen LogP contribution is -2.54. The van der Waals surface area contributed by atoms with E-state index in [0.717, 1.165) is 22.6 Å². The summed E-state index contributed by atoms with van der Waals surface area (Å²) in [7, 11) is 0. The van der Waals surface area contributed by atoms with E-state index >= 15 is 0 Å². The molecule has 9 heteroatoms. The number of carbonyl (C=O) groups is 3. The summed E-state index contributed by atoms with van der Waals surface area (Å²) in [5.74, 6) is -0.669. The van der Waals surface area contributed by atoms with Gasteiger partial charge in [-0.2, -0.15) is 0 Å². The van der Waals surface area contributed by atoms with E-state index in [2.05, 4.69) is 5.32 Å². The van der Waals surface area contributed by atoms with Gasteiger partial charge in [-0.15, -0.1) is 0 Å². The molecule has 32 heavy (non-hydrogen) atoms. The number of fused-ring (bicyclic) bond motifs is 2. The highest BCUT2D eigenvalue weighted by molar-refractivity contribution is 6.28. The maximum Gasteiger partial charge on any atom is 0.331 e. The number of imide groups is 2. The van der Waals surface area contributed by atoms with Gasteiger partial charge in [0.2, 0.25) is 6.79 Å². The SMILES string of the molecule is CC1CCc2cc(F)ccc2N1C=C1C(=O)NC(=O)N(Cc2ccc3c(c2)OCO3)C1=O. The first-order valence-corrected chi connectivity index (χ1v) is 10.2. The highest BCUT2D eigenvalue weighted by Gasteiger charge is 2.37. The van der Waals surface area contributed by atoms with E-state index in [9.17, 15) is 18.8 Å². The fraction of sp³-hybridized carbons (Fsp3) is 0.261. The molecule has 3 heterocycles. The third kappa shape index (κ3) is 3.45. The number of nitrogens with one attached hydrogen (secondary N) is 1. The van der Waals surface area contributed by atoms with Crippen molar-refractivity contribution >= 4 is 23.5 Å². The van der Waals surface area contributed by atoms with Crippen LogP contribution in [0.1, 0.15) is 24.5 Å². The number of benzene rings is 2. The van der Waals surface area contributed by atoms with Crippen LogP contribution < -0.4 is 19.7 Å². The maximum absolute atomic E-state index is 13.7. The van der Waals surface area contributed by atoms with E-state index < -0.39 is 17.8 Å². The van der Waals surface area contributed by atoms with Crippen LogP contribution in [0.2, 0.25) is 0 Å². The van der Waals surface area contributed by atoms with Crippen LogP contribution in [-0.2, 0) is 22.6 Å². The number of urea groups is 1. The van der Waals surface area contributed by atoms with Crippen molar-refractivity contribution < 1.29 is 28.2 Å². The number of rotatable bonds is 3. The number of amides is 4. The molecule has 1 N–H and O–H groups in total. The number of carbonyl (C=O) groups excluding carboxylic acids is 3. The van der Waals surface area contributed by atoms with E-state index in [4.69, 9.17) is 9.47 Å². The van der Waals surface area contributed by atoms with Crippen LogP contribution in [0.5, 0.6) is 11.5 Å². The fourth-order valence-corrected chi connectivity index (χ4v) is 4.13. The average molecular weight is 437 g/mol. The average Bonchev–Trinajstić information content (AvgIpc) is 3.23. The molecular formula is C23H20FN3O5. The Morgan fingerprint density at radius 3 is 2.78 bits per heavy atom. The van der Waals surface area contributed by atoms with Crippen LogP contribution in [-0.4, -0.2) is 35.6 Å². The summed E-state index contributed by atoms with van der Waals surface area (Å²) in [6.07, 6.45) is 2.88. The minimum atomic E-state index is -0.788. The summed E-state index contributed by atoms with van der Waals surface area (Å²) < 4.78 is 24.3. The van der Waals surface area contributed by atoms with Crippen LogP contribution in [0.15, 0.2) is 48.2 Å². The lowest BCUT2D eigenvalue weighted by molar-refractivity contribution is -0.130. The molecule has 0 aliphatic carbocycles. The van der Waals surface area contributed by atoms with Gasteiger partial charge < -0.3 is 14.4 Å². The molecular weight excluding hydrogens is 417 g/mol. The van der Waals surface area contributed by atoms with Gasteiger partial charge in [-0.3, -0.25) is 19.8 Å². The smallest absolute Gasteiger partial charge is 0.331 e. The molecule has 164 valence electrons. The lowest BCUT2D eigenvalue weighted by Gasteiger charge is -2.36. The molecule has 3 aliphatic rings. The van der Waals surface area contributed by atoms with Gasteiger partial charge in [-0.05, 0) is 61.2 Å². The molecule has 1 atom stereocenters. The minimum Gasteiger partial charge on any atom is -0.454 e. The largest absolute Gasteiger partial charge is 0.454 e. The summed E-state index contributed by atoms with van der Waals surface area (Å²) in [5, 5.41) is 2.24. The molecule has 4 amide bonds. The molecule has 0 aromatic heterocycles. The second kappa shape index (κ2) is 7.67. The molecule has 2 aromatic carbocycles. The lowest BCUT2D eigenvalue weighted by atomic mass is 9.96. The number of nitrogens with zero attached hydrogens (tertiary/aromatic N) is 2. The monoisotopic (exact) mass is 437 g/mol. The summed E-state index contributed by atoms with van der Waals surface area (Å²) in [4.78, 5) is 40.9. The first-order chi connectivity index (χ1) is 15.4. The van der Waals surface area contributed by atoms with Crippen molar-refractivity contribution in [1.29, 1.82) is 0 Å². The molecule has 3 aliphatic heterocycles. The second-order valence-corrected chi connectivity index (χ2v) is 7.95. The Hall–Kier alpha value is -3.88. The van der Waals surface area contributed by atoms with Crippen molar-refractivity contribution in [2.75, 3.05) is 11.7 Å². The first-order valence-electron chi connectivity index (χ1n) is 10.2. The van der Waals surface area contributed by atoms with Gasteiger partial charge in [-0.25, -0.2) is 9.18 Å². The van der Waals surface area contributed by atoms with Crippen molar-refractivity contribution in [2.45, 2.75) is 32.4 Å². The summed E-state index contributed by atoms with van der Waals surface area (Å²) in [6, 6.07) is 8.78. The number of hydrogen-bond acceptors (Lipinski definition) is 6. The molecule has 0 saturated carbocycles. The summed E-state index contributed by atoms with van der Waals surface area (Å²) in [5.41, 5.74) is 2.03. The molecule has 1 saturated heterocycles. The van der Waals surface area contributed by atoms with Crippen molar-refractivity contribution in [3.05, 3.63) is 65.1 Å². The maximum atomic E-state index is 13.7. The minimum absolute atomic E-state index is 0.0130. The Balaban J connectivity index is 1.45. The van der Waals surface area contributed by atoms with Crippen LogP contribution >= 0.6 is 0 Å². The molecule has 0 radical (unpaired) electrons. The third-order valence-electron chi connectivity index (χ3n) is 5.86. The van der Waals surface area contributed by atoms with Gasteiger partial charge in [0.25, 0.3) is 11.8 Å². The van der Waals surface area contributed by atoms with Crippen molar-refractivity contribution in [3.63, 3.8) is 0 Å². The van der Waals surface area contributed by atoms with Gasteiger partial charge in [0.15, 0.2) is 11.5 Å². The molecule has 0 spiro atoms. The Bertz CT molecular complexity index is 1180. The third-order valence-corrected chi connectivity index (χ3v) is 5.86. The Labute approximate surface area is 183 Å². The summed E-state index contributed by atoms with van der Waals surface area (Å²) >= 11 is 0. The molecule has 0 bridgehead atoms. The van der Waals surface area contributed by atoms with E-state index in [1.54, 1.807) is 29.2 Å². The van der Waals surface area contributed by atoms with Crippen LogP contribution in [0, 0.1) is 5.82 Å². The zero-order valence-electron chi connectivity index (χ0n) is 17.3. The number of hydrogen-bond donors (Lipinski definition) is 1. The fourth-order valence-electron chi connectivity index (χ4n) is 4.13. The zero-order valence-corrected chi connectivity index (χ0v) is 17.3. The van der Waals surface area contributed by atoms with E-state index in [-0.39, 0.29) is 30.8 Å². The van der Waals surface area contributed by atoms with Gasteiger partial charge in [0.1, 0.15) is 11.4 Å². The molecule has 1 fully saturated rings. The van der Waals surface area contributed by atoms with E-state index in [1.807, 2.05) is 6.92 Å². The van der Waals surface area contributed by atoms with Crippen LogP contribution in [0.3, 0.4) is 0 Å². The zero-order chi connectivity index (χ0) is 22.4. The van der Waals surface area contributed by atoms with Gasteiger partial charge in [0.05, 0.1) is 6.54 Å². The number of aryl methyl sites for hydroxylation is 1. The van der Waals surface area contributed by atoms with E-state index in [0.29, 0.717) is 23.5 Å². The molecule has 1 unspecified atom stereocenters. The molecule has 5 rings (SSSR count). The number of anilines is 1. The highest BCUT2D eigenvalue weighted by atomic mass is 19.1. The van der Waals surface area contributed by atoms with Crippen molar-refractivity contribution in [2.24, 2.45) is 0 Å². The quantitative estimate of drug-likeness (QED) is 0.587. The van der Waals surface area contributed by atoms with Crippen LogP contribution in [0.4, 0.5) is 14.9 Å². The number of ether oxygens (including phenoxy) is 2. The van der Waals surface area contributed by atoms with Crippen molar-refractivity contribution in [3.8, 4) is 11.5 Å². The van der Waals surface area contributed by atoms with E-state index in [1.165, 1.54) is 18.3 Å². The topological polar surface area (TPSA) is 88.2 Å². The van der Waals surface area contributed by atoms with Crippen LogP contribution in [0.25, 0.3) is 0 Å². The second-order valence-electron chi connectivity index (χ2n) is 7.95. The molecule has 8 nitrogen and oxygen atoms in total. The first kappa shape index (κ1) is 20.0. The summed E-state index contributed by atoms with van der Waals surface area (Å²) in [6.45, 7) is 2.04. The van der Waals surface area contributed by atoms with Gasteiger partial charge >= 0.3 is 6.03 Å². The Morgan fingerprint density at radius 2 is 1.94 bits per heavy atom. The van der Waals surface area contributed by atoms with Gasteiger partial charge in [-0.1, -0.05) is 6.07 Å². The Morgan fingerprint density at radius 1 is 1.12 bits per heavy atom. The number of halogens is 1. The highest BCUT2D eigenvalue weighted by Crippen LogP contribution is 2.34. The normalized spacial score (nSPS) is 21.1. The predicted molar refractivity (Wildman–Crippen MR) is 111 cm³/mol. The standard InChI is InChI=1S/C23H20FN3O5/c1-13-2-4-15-9-16(24)5-6-18(15)26(13)11-17-21(28)25-23(30)27(22(17)29)10-14-3-7-19-20(8-14)32-12-31-19/h3,5-9,11,13H,2,4,10,12H2,1H3,(H,25,28,30).